The second kappa shape index (κ2) is 7.19. The minimum atomic E-state index is -0.972. The van der Waals surface area contributed by atoms with E-state index in [0.29, 0.717) is 10.9 Å². The van der Waals surface area contributed by atoms with Gasteiger partial charge in [-0.3, -0.25) is 4.98 Å². The molecule has 0 unspecified atom stereocenters. The summed E-state index contributed by atoms with van der Waals surface area (Å²) in [4.78, 5) is 23.3. The van der Waals surface area contributed by atoms with Crippen molar-refractivity contribution in [2.24, 2.45) is 0 Å². The Morgan fingerprint density at radius 2 is 2.04 bits per heavy atom. The number of carboxylic acids is 1. The maximum absolute atomic E-state index is 11.5. The van der Waals surface area contributed by atoms with E-state index in [1.54, 1.807) is 6.33 Å². The van der Waals surface area contributed by atoms with Crippen LogP contribution < -0.4 is 0 Å². The number of fused-ring (bicyclic) bond motifs is 1. The van der Waals surface area contributed by atoms with Crippen molar-refractivity contribution in [3.63, 3.8) is 0 Å². The number of carbonyl (C=O) groups is 1. The van der Waals surface area contributed by atoms with Crippen molar-refractivity contribution in [2.45, 2.75) is 13.8 Å². The van der Waals surface area contributed by atoms with Gasteiger partial charge in [-0.25, -0.2) is 9.78 Å². The van der Waals surface area contributed by atoms with E-state index in [9.17, 15) is 9.90 Å². The van der Waals surface area contributed by atoms with Crippen molar-refractivity contribution in [2.75, 3.05) is 0 Å². The highest BCUT2D eigenvalue weighted by atomic mass is 16.4. The van der Waals surface area contributed by atoms with Crippen molar-refractivity contribution < 1.29 is 9.90 Å². The summed E-state index contributed by atoms with van der Waals surface area (Å²) in [5, 5.41) is 10.0. The van der Waals surface area contributed by atoms with Crippen LogP contribution in [-0.2, 0) is 0 Å². The lowest BCUT2D eigenvalue weighted by Crippen LogP contribution is -1.98. The van der Waals surface area contributed by atoms with Gasteiger partial charge in [0.1, 0.15) is 0 Å². The maximum Gasteiger partial charge on any atom is 0.336 e. The number of carboxylic acid groups (broad SMARTS) is 1. The third-order valence-electron chi connectivity index (χ3n) is 4.00. The van der Waals surface area contributed by atoms with Gasteiger partial charge in [0.05, 0.1) is 28.8 Å². The predicted octanol–water partition coefficient (Wildman–Crippen LogP) is 4.86. The lowest BCUT2D eigenvalue weighted by molar-refractivity contribution is 0.0699. The second-order valence-corrected chi connectivity index (χ2v) is 6.08. The largest absolute Gasteiger partial charge is 0.478 e. The minimum absolute atomic E-state index is 0.231. The topological polar surface area (TPSA) is 78.9 Å². The van der Waals surface area contributed by atoms with E-state index in [1.165, 1.54) is 12.3 Å². The van der Waals surface area contributed by atoms with Crippen molar-refractivity contribution in [3.05, 3.63) is 78.4 Å². The Kier molecular flexibility index (Phi) is 4.80. The number of nitrogens with zero attached hydrogens (tertiary/aromatic N) is 2. The third-order valence-corrected chi connectivity index (χ3v) is 4.00. The number of aromatic nitrogens is 3. The zero-order valence-electron chi connectivity index (χ0n) is 14.7. The summed E-state index contributed by atoms with van der Waals surface area (Å²) in [5.41, 5.74) is 5.35. The molecule has 5 nitrogen and oxygen atoms in total. The highest BCUT2D eigenvalue weighted by molar-refractivity contribution is 6.03. The van der Waals surface area contributed by atoms with Gasteiger partial charge in [-0.2, -0.15) is 0 Å². The van der Waals surface area contributed by atoms with E-state index >= 15 is 0 Å². The fraction of sp³-hybridized carbons (Fsp3) is 0.0952. The van der Waals surface area contributed by atoms with Crippen LogP contribution in [-0.4, -0.2) is 26.0 Å². The van der Waals surface area contributed by atoms with Crippen LogP contribution in [0.5, 0.6) is 0 Å². The summed E-state index contributed by atoms with van der Waals surface area (Å²) in [5.74, 6) is -0.972. The number of aromatic carboxylic acids is 1. The van der Waals surface area contributed by atoms with E-state index in [1.807, 2.05) is 50.3 Å². The number of nitrogens with one attached hydrogen (secondary N) is 1. The fourth-order valence-electron chi connectivity index (χ4n) is 2.74. The summed E-state index contributed by atoms with van der Waals surface area (Å²) in [6, 6.07) is 7.08. The molecule has 0 saturated heterocycles. The van der Waals surface area contributed by atoms with Gasteiger partial charge in [-0.15, -0.1) is 0 Å². The Hall–Kier alpha value is -3.47. The number of pyridine rings is 1. The Morgan fingerprint density at radius 1 is 1.23 bits per heavy atom. The highest BCUT2D eigenvalue weighted by Crippen LogP contribution is 2.29. The van der Waals surface area contributed by atoms with Gasteiger partial charge < -0.3 is 10.1 Å². The number of hydrogen-bond donors (Lipinski definition) is 2. The molecule has 0 saturated carbocycles. The standard InChI is InChI=1S/C21H19N3O2/c1-13(2)5-4-6-14(3)19-20(24-12-23-19)15-7-8-18-17(11-15)16(21(25)26)9-10-22-18/h4-12H,1H2,2-3H3,(H,23,24)(H,25,26)/b5-4-,14-6+. The first-order valence-corrected chi connectivity index (χ1v) is 8.14. The molecule has 0 bridgehead atoms. The molecule has 2 N–H and O–H groups in total. The molecule has 0 aliphatic carbocycles. The van der Waals surface area contributed by atoms with Crippen LogP contribution in [0.1, 0.15) is 29.9 Å². The molecule has 130 valence electrons. The molecule has 0 atom stereocenters. The number of imidazole rings is 1. The number of hydrogen-bond acceptors (Lipinski definition) is 3. The van der Waals surface area contributed by atoms with Gasteiger partial charge in [0.15, 0.2) is 0 Å². The van der Waals surface area contributed by atoms with E-state index in [-0.39, 0.29) is 5.56 Å². The molecule has 0 radical (unpaired) electrons. The third kappa shape index (κ3) is 3.47. The summed E-state index contributed by atoms with van der Waals surface area (Å²) in [6.45, 7) is 7.75. The van der Waals surface area contributed by atoms with Crippen molar-refractivity contribution in [1.29, 1.82) is 0 Å². The SMILES string of the molecule is C=C(C)/C=C\C=C(/C)c1nc[nH]c1-c1ccc2nccc(C(=O)O)c2c1. The summed E-state index contributed by atoms with van der Waals surface area (Å²) >= 11 is 0. The van der Waals surface area contributed by atoms with Crippen molar-refractivity contribution in [3.8, 4) is 11.3 Å². The highest BCUT2D eigenvalue weighted by Gasteiger charge is 2.13. The van der Waals surface area contributed by atoms with E-state index in [2.05, 4.69) is 21.5 Å². The first kappa shape index (κ1) is 17.4. The average molecular weight is 345 g/mol. The monoisotopic (exact) mass is 345 g/mol. The van der Waals surface area contributed by atoms with Gasteiger partial charge >= 0.3 is 5.97 Å². The first-order chi connectivity index (χ1) is 12.5. The predicted molar refractivity (Wildman–Crippen MR) is 104 cm³/mol. The second-order valence-electron chi connectivity index (χ2n) is 6.08. The molecule has 3 aromatic rings. The molecule has 26 heavy (non-hydrogen) atoms. The molecule has 5 heteroatoms. The van der Waals surface area contributed by atoms with Gasteiger partial charge in [-0.1, -0.05) is 36.4 Å². The van der Waals surface area contributed by atoms with E-state index in [0.717, 1.165) is 28.1 Å². The summed E-state index contributed by atoms with van der Waals surface area (Å²) in [6.07, 6.45) is 8.98. The molecular weight excluding hydrogens is 326 g/mol. The Bertz CT molecular complexity index is 1060. The summed E-state index contributed by atoms with van der Waals surface area (Å²) in [7, 11) is 0. The molecule has 0 aliphatic rings. The average Bonchev–Trinajstić information content (AvgIpc) is 3.10. The van der Waals surface area contributed by atoms with Crippen LogP contribution >= 0.6 is 0 Å². The van der Waals surface area contributed by atoms with Crippen molar-refractivity contribution >= 4 is 22.4 Å². The summed E-state index contributed by atoms with van der Waals surface area (Å²) < 4.78 is 0. The van der Waals surface area contributed by atoms with Crippen LogP contribution in [0, 0.1) is 0 Å². The number of allylic oxidation sites excluding steroid dienone is 5. The molecule has 1 aromatic carbocycles. The first-order valence-electron chi connectivity index (χ1n) is 8.14. The van der Waals surface area contributed by atoms with E-state index in [4.69, 9.17) is 0 Å². The van der Waals surface area contributed by atoms with Crippen LogP contribution in [0.3, 0.4) is 0 Å². The minimum Gasteiger partial charge on any atom is -0.478 e. The van der Waals surface area contributed by atoms with Gasteiger partial charge in [-0.05, 0) is 37.6 Å². The smallest absolute Gasteiger partial charge is 0.336 e. The number of rotatable bonds is 5. The molecule has 2 heterocycles. The Labute approximate surface area is 151 Å². The molecule has 0 fully saturated rings. The van der Waals surface area contributed by atoms with Crippen LogP contribution in [0.2, 0.25) is 0 Å². The molecule has 2 aromatic heterocycles. The number of aromatic amines is 1. The zero-order valence-corrected chi connectivity index (χ0v) is 14.7. The lowest BCUT2D eigenvalue weighted by atomic mass is 10.0. The Balaban J connectivity index is 2.08. The molecule has 0 spiro atoms. The molecule has 0 amide bonds. The van der Waals surface area contributed by atoms with Gasteiger partial charge in [0.25, 0.3) is 0 Å². The van der Waals surface area contributed by atoms with Crippen molar-refractivity contribution in [1.82, 2.24) is 15.0 Å². The zero-order chi connectivity index (χ0) is 18.7. The van der Waals surface area contributed by atoms with Crippen LogP contribution in [0.15, 0.2) is 67.2 Å². The Morgan fingerprint density at radius 3 is 2.77 bits per heavy atom. The maximum atomic E-state index is 11.5. The van der Waals surface area contributed by atoms with Gasteiger partial charge in [0.2, 0.25) is 0 Å². The quantitative estimate of drug-likeness (QED) is 0.647. The van der Waals surface area contributed by atoms with Crippen LogP contribution in [0.25, 0.3) is 27.7 Å². The normalized spacial score (nSPS) is 12.0. The van der Waals surface area contributed by atoms with Gasteiger partial charge in [0, 0.05) is 17.1 Å². The fourth-order valence-corrected chi connectivity index (χ4v) is 2.74. The molecular formula is C21H19N3O2. The number of benzene rings is 1. The van der Waals surface area contributed by atoms with E-state index < -0.39 is 5.97 Å². The molecule has 0 aliphatic heterocycles. The van der Waals surface area contributed by atoms with Crippen LogP contribution in [0.4, 0.5) is 0 Å². The number of H-pyrrole nitrogens is 1. The lowest BCUT2D eigenvalue weighted by Gasteiger charge is -2.07. The molecule has 3 rings (SSSR count).